The van der Waals surface area contributed by atoms with Crippen molar-refractivity contribution >= 4 is 22.4 Å². The first-order valence-corrected chi connectivity index (χ1v) is 7.29. The minimum absolute atomic E-state index is 0.752. The van der Waals surface area contributed by atoms with E-state index in [1.54, 1.807) is 0 Å². The Hall–Kier alpha value is -2.31. The molecular formula is C20H15Cl. The second-order valence-electron chi connectivity index (χ2n) is 4.81. The molecule has 3 aromatic rings. The van der Waals surface area contributed by atoms with E-state index in [-0.39, 0.29) is 0 Å². The molecule has 0 unspecified atom stereocenters. The second-order valence-corrected chi connectivity index (χ2v) is 5.24. The van der Waals surface area contributed by atoms with Gasteiger partial charge in [-0.15, -0.1) is 0 Å². The highest BCUT2D eigenvalue weighted by Crippen LogP contribution is 2.28. The summed E-state index contributed by atoms with van der Waals surface area (Å²) in [5.74, 6) is 0. The normalized spacial score (nSPS) is 10.1. The zero-order chi connectivity index (χ0) is 14.5. The summed E-state index contributed by atoms with van der Waals surface area (Å²) < 4.78 is 0. The standard InChI is InChI=1S/C20H15Cl/c21-18-12-8-11-17(15-18)20-13-5-3-1-2-4-9-16-10-6-7-14-19(16)20/h1-15H. The van der Waals surface area contributed by atoms with E-state index < -0.39 is 0 Å². The van der Waals surface area contributed by atoms with Gasteiger partial charge in [-0.1, -0.05) is 90.5 Å². The summed E-state index contributed by atoms with van der Waals surface area (Å²) in [6.07, 6.45) is 0. The SMILES string of the molecule is Clc1cccc(-c2cccccccc3ccccc23)c1. The maximum atomic E-state index is 6.15. The lowest BCUT2D eigenvalue weighted by molar-refractivity contribution is 1.65. The summed E-state index contributed by atoms with van der Waals surface area (Å²) in [4.78, 5) is 0. The average Bonchev–Trinajstić information content (AvgIpc) is 2.51. The Morgan fingerprint density at radius 1 is 0.571 bits per heavy atom. The van der Waals surface area contributed by atoms with Crippen LogP contribution in [0.5, 0.6) is 0 Å². The third-order valence-electron chi connectivity index (χ3n) is 3.37. The summed E-state index contributed by atoms with van der Waals surface area (Å²) >= 11 is 6.15. The first-order valence-electron chi connectivity index (χ1n) is 6.92. The minimum atomic E-state index is 0.752. The molecule has 0 aromatic heterocycles. The van der Waals surface area contributed by atoms with Crippen LogP contribution in [0.3, 0.4) is 0 Å². The van der Waals surface area contributed by atoms with E-state index in [9.17, 15) is 0 Å². The van der Waals surface area contributed by atoms with Crippen molar-refractivity contribution in [3.05, 3.63) is 96.0 Å². The molecule has 0 bridgehead atoms. The molecular weight excluding hydrogens is 276 g/mol. The third kappa shape index (κ3) is 3.24. The molecule has 0 amide bonds. The number of hydrogen-bond acceptors (Lipinski definition) is 0. The Bertz CT molecular complexity index is 819. The van der Waals surface area contributed by atoms with Gasteiger partial charge in [0.05, 0.1) is 0 Å². The van der Waals surface area contributed by atoms with E-state index in [1.807, 2.05) is 36.4 Å². The molecule has 1 heteroatoms. The van der Waals surface area contributed by atoms with Crippen LogP contribution in [0.2, 0.25) is 5.02 Å². The maximum Gasteiger partial charge on any atom is 0.0412 e. The van der Waals surface area contributed by atoms with Crippen LogP contribution in [0.25, 0.3) is 21.9 Å². The van der Waals surface area contributed by atoms with Gasteiger partial charge in [0.2, 0.25) is 0 Å². The van der Waals surface area contributed by atoms with E-state index in [0.29, 0.717) is 0 Å². The Kier molecular flexibility index (Phi) is 4.18. The van der Waals surface area contributed by atoms with Crippen molar-refractivity contribution in [3.8, 4) is 11.1 Å². The molecule has 3 aromatic carbocycles. The quantitative estimate of drug-likeness (QED) is 0.494. The summed E-state index contributed by atoms with van der Waals surface area (Å²) in [6, 6.07) is 30.8. The van der Waals surface area contributed by atoms with E-state index in [0.717, 1.165) is 10.6 Å². The predicted octanol–water partition coefficient (Wildman–Crippen LogP) is 6.28. The monoisotopic (exact) mass is 290 g/mol. The van der Waals surface area contributed by atoms with Crippen LogP contribution in [0.1, 0.15) is 0 Å². The molecule has 102 valence electrons. The summed E-state index contributed by atoms with van der Waals surface area (Å²) in [7, 11) is 0. The van der Waals surface area contributed by atoms with Crippen molar-refractivity contribution in [1.82, 2.24) is 0 Å². The Morgan fingerprint density at radius 2 is 1.24 bits per heavy atom. The molecule has 0 fully saturated rings. The molecule has 0 aliphatic rings. The summed E-state index contributed by atoms with van der Waals surface area (Å²) in [6.45, 7) is 0. The van der Waals surface area contributed by atoms with Crippen molar-refractivity contribution in [3.63, 3.8) is 0 Å². The Balaban J connectivity index is 2.40. The fraction of sp³-hybridized carbons (Fsp3) is 0. The topological polar surface area (TPSA) is 0 Å². The molecule has 0 aliphatic carbocycles. The zero-order valence-electron chi connectivity index (χ0n) is 11.5. The van der Waals surface area contributed by atoms with Crippen molar-refractivity contribution in [2.75, 3.05) is 0 Å². The van der Waals surface area contributed by atoms with Crippen LogP contribution < -0.4 is 0 Å². The van der Waals surface area contributed by atoms with Gasteiger partial charge in [-0.3, -0.25) is 0 Å². The predicted molar refractivity (Wildman–Crippen MR) is 92.0 cm³/mol. The van der Waals surface area contributed by atoms with E-state index in [1.165, 1.54) is 16.3 Å². The van der Waals surface area contributed by atoms with Gasteiger partial charge >= 0.3 is 0 Å². The fourth-order valence-electron chi connectivity index (χ4n) is 2.39. The van der Waals surface area contributed by atoms with Crippen molar-refractivity contribution in [2.45, 2.75) is 0 Å². The molecule has 0 saturated heterocycles. The molecule has 21 heavy (non-hydrogen) atoms. The second kappa shape index (κ2) is 6.43. The summed E-state index contributed by atoms with van der Waals surface area (Å²) in [5.41, 5.74) is 2.29. The maximum absolute atomic E-state index is 6.15. The van der Waals surface area contributed by atoms with Gasteiger partial charge in [0.15, 0.2) is 0 Å². The number of hydrogen-bond donors (Lipinski definition) is 0. The highest BCUT2D eigenvalue weighted by atomic mass is 35.5. The van der Waals surface area contributed by atoms with Gasteiger partial charge in [0.25, 0.3) is 0 Å². The molecule has 0 aliphatic heterocycles. The van der Waals surface area contributed by atoms with Crippen LogP contribution in [0.15, 0.2) is 91.0 Å². The average molecular weight is 291 g/mol. The lowest BCUT2D eigenvalue weighted by Crippen LogP contribution is -1.79. The lowest BCUT2D eigenvalue weighted by Gasteiger charge is -2.05. The number of fused-ring (bicyclic) bond motifs is 1. The molecule has 0 saturated carbocycles. The van der Waals surface area contributed by atoms with E-state index >= 15 is 0 Å². The minimum Gasteiger partial charge on any atom is -0.0843 e. The smallest absolute Gasteiger partial charge is 0.0412 e. The van der Waals surface area contributed by atoms with Crippen LogP contribution in [-0.4, -0.2) is 0 Å². The molecule has 3 rings (SSSR count). The van der Waals surface area contributed by atoms with Crippen LogP contribution in [0, 0.1) is 0 Å². The van der Waals surface area contributed by atoms with Crippen molar-refractivity contribution in [2.24, 2.45) is 0 Å². The zero-order valence-corrected chi connectivity index (χ0v) is 12.3. The molecule has 0 heterocycles. The van der Waals surface area contributed by atoms with Gasteiger partial charge in [-0.2, -0.15) is 0 Å². The first-order chi connectivity index (χ1) is 10.3. The molecule has 0 spiro atoms. The van der Waals surface area contributed by atoms with Crippen LogP contribution >= 0.6 is 11.6 Å². The first kappa shape index (κ1) is 13.7. The highest BCUT2D eigenvalue weighted by molar-refractivity contribution is 6.30. The Morgan fingerprint density at radius 3 is 2.05 bits per heavy atom. The molecule has 0 nitrogen and oxygen atoms in total. The van der Waals surface area contributed by atoms with Gasteiger partial charge in [-0.05, 0) is 34.0 Å². The third-order valence-corrected chi connectivity index (χ3v) is 3.60. The van der Waals surface area contributed by atoms with Crippen LogP contribution in [0.4, 0.5) is 0 Å². The van der Waals surface area contributed by atoms with Gasteiger partial charge in [-0.25, -0.2) is 0 Å². The molecule has 0 N–H and O–H groups in total. The van der Waals surface area contributed by atoms with Crippen molar-refractivity contribution < 1.29 is 0 Å². The Labute approximate surface area is 130 Å². The van der Waals surface area contributed by atoms with Crippen molar-refractivity contribution in [1.29, 1.82) is 0 Å². The fourth-order valence-corrected chi connectivity index (χ4v) is 2.58. The highest BCUT2D eigenvalue weighted by Gasteiger charge is 2.01. The summed E-state index contributed by atoms with van der Waals surface area (Å²) in [5, 5.41) is 3.15. The number of rotatable bonds is 1. The van der Waals surface area contributed by atoms with E-state index in [2.05, 4.69) is 54.6 Å². The van der Waals surface area contributed by atoms with Crippen LogP contribution in [-0.2, 0) is 0 Å². The number of benzene rings is 2. The molecule has 0 atom stereocenters. The lowest BCUT2D eigenvalue weighted by atomic mass is 10.0. The van der Waals surface area contributed by atoms with E-state index in [4.69, 9.17) is 11.6 Å². The van der Waals surface area contributed by atoms with Gasteiger partial charge < -0.3 is 0 Å². The largest absolute Gasteiger partial charge is 0.0843 e. The van der Waals surface area contributed by atoms with Gasteiger partial charge in [0.1, 0.15) is 0 Å². The number of halogens is 1. The molecule has 0 radical (unpaired) electrons. The van der Waals surface area contributed by atoms with Gasteiger partial charge in [0, 0.05) is 5.02 Å².